The number of nitrogens with zero attached hydrogens (tertiary/aromatic N) is 1. The summed E-state index contributed by atoms with van der Waals surface area (Å²) >= 11 is 5.59. The molecule has 16 heavy (non-hydrogen) atoms. The molecule has 0 aliphatic carbocycles. The van der Waals surface area contributed by atoms with Gasteiger partial charge in [0.1, 0.15) is 5.82 Å². The first-order chi connectivity index (χ1) is 7.61. The van der Waals surface area contributed by atoms with Gasteiger partial charge in [-0.1, -0.05) is 11.6 Å². The lowest BCUT2D eigenvalue weighted by Crippen LogP contribution is -2.51. The quantitative estimate of drug-likeness (QED) is 0.856. The first-order valence-electron chi connectivity index (χ1n) is 4.97. The molecule has 1 aromatic rings. The summed E-state index contributed by atoms with van der Waals surface area (Å²) in [5, 5.41) is 8.78. The normalized spacial score (nSPS) is 16.1. The molecule has 2 rings (SSSR count). The molecule has 1 aliphatic rings. The summed E-state index contributed by atoms with van der Waals surface area (Å²) in [5.41, 5.74) is 0.378. The second-order valence-corrected chi connectivity index (χ2v) is 4.29. The number of aliphatic hydroxyl groups excluding tert-OH is 1. The van der Waals surface area contributed by atoms with Gasteiger partial charge in [0, 0.05) is 31.2 Å². The van der Waals surface area contributed by atoms with E-state index in [2.05, 4.69) is 0 Å². The van der Waals surface area contributed by atoms with E-state index >= 15 is 0 Å². The lowest BCUT2D eigenvalue weighted by molar-refractivity contribution is 0.0362. The minimum absolute atomic E-state index is 0.0509. The van der Waals surface area contributed by atoms with Gasteiger partial charge in [-0.15, -0.1) is 0 Å². The van der Waals surface area contributed by atoms with Crippen molar-refractivity contribution in [1.82, 2.24) is 4.90 Å². The van der Waals surface area contributed by atoms with Crippen molar-refractivity contribution in [2.45, 2.75) is 0 Å². The average molecular weight is 244 g/mol. The second-order valence-electron chi connectivity index (χ2n) is 3.89. The molecular weight excluding hydrogens is 233 g/mol. The molecule has 0 unspecified atom stereocenters. The molecule has 0 spiro atoms. The molecule has 0 radical (unpaired) electrons. The highest BCUT2D eigenvalue weighted by Crippen LogP contribution is 2.21. The van der Waals surface area contributed by atoms with Crippen LogP contribution in [0.4, 0.5) is 4.39 Å². The maximum atomic E-state index is 12.9. The van der Waals surface area contributed by atoms with Crippen molar-refractivity contribution in [1.29, 1.82) is 0 Å². The van der Waals surface area contributed by atoms with E-state index in [0.717, 1.165) is 0 Å². The predicted octanol–water partition coefficient (Wildman–Crippen LogP) is 1.54. The number of aliphatic hydroxyl groups is 1. The monoisotopic (exact) mass is 243 g/mol. The first-order valence-corrected chi connectivity index (χ1v) is 5.35. The van der Waals surface area contributed by atoms with Gasteiger partial charge >= 0.3 is 0 Å². The third-order valence-electron chi connectivity index (χ3n) is 2.67. The van der Waals surface area contributed by atoms with Crippen LogP contribution in [0.3, 0.4) is 0 Å². The van der Waals surface area contributed by atoms with Crippen molar-refractivity contribution in [2.24, 2.45) is 5.92 Å². The van der Waals surface area contributed by atoms with Gasteiger partial charge in [0.05, 0.1) is 5.02 Å². The highest BCUT2D eigenvalue weighted by Gasteiger charge is 2.30. The summed E-state index contributed by atoms with van der Waals surface area (Å²) in [4.78, 5) is 13.4. The molecule has 86 valence electrons. The minimum atomic E-state index is -0.532. The molecule has 0 atom stereocenters. The van der Waals surface area contributed by atoms with Crippen molar-refractivity contribution in [3.05, 3.63) is 34.6 Å². The van der Waals surface area contributed by atoms with Gasteiger partial charge in [-0.25, -0.2) is 4.39 Å². The van der Waals surface area contributed by atoms with Gasteiger partial charge in [-0.2, -0.15) is 0 Å². The third kappa shape index (κ3) is 2.03. The molecule has 1 heterocycles. The van der Waals surface area contributed by atoms with Crippen LogP contribution in [0.1, 0.15) is 10.4 Å². The maximum Gasteiger partial charge on any atom is 0.253 e. The van der Waals surface area contributed by atoms with Crippen LogP contribution in [0.15, 0.2) is 18.2 Å². The van der Waals surface area contributed by atoms with E-state index in [-0.39, 0.29) is 23.5 Å². The van der Waals surface area contributed by atoms with Gasteiger partial charge in [0.15, 0.2) is 0 Å². The number of halogens is 2. The molecule has 1 saturated heterocycles. The van der Waals surface area contributed by atoms with E-state index in [1.807, 2.05) is 0 Å². The molecule has 0 aromatic heterocycles. The summed E-state index contributed by atoms with van der Waals surface area (Å²) in [6, 6.07) is 3.92. The molecule has 5 heteroatoms. The zero-order valence-electron chi connectivity index (χ0n) is 8.49. The Bertz CT molecular complexity index is 418. The van der Waals surface area contributed by atoms with E-state index in [4.69, 9.17) is 16.7 Å². The lowest BCUT2D eigenvalue weighted by Gasteiger charge is -2.38. The highest BCUT2D eigenvalue weighted by atomic mass is 35.5. The summed E-state index contributed by atoms with van der Waals surface area (Å²) in [6.45, 7) is 1.18. The Hall–Kier alpha value is -1.13. The molecule has 0 bridgehead atoms. The number of carbonyl (C=O) groups excluding carboxylic acids is 1. The minimum Gasteiger partial charge on any atom is -0.396 e. The SMILES string of the molecule is O=C(c1ccc(F)c(Cl)c1)N1CC(CO)C1. The summed E-state index contributed by atoms with van der Waals surface area (Å²) < 4.78 is 12.9. The fraction of sp³-hybridized carbons (Fsp3) is 0.364. The standard InChI is InChI=1S/C11H11ClFNO2/c12-9-3-8(1-2-10(9)13)11(16)14-4-7(5-14)6-15/h1-3,7,15H,4-6H2. The van der Waals surface area contributed by atoms with Crippen LogP contribution in [-0.4, -0.2) is 35.6 Å². The molecule has 0 saturated carbocycles. The van der Waals surface area contributed by atoms with E-state index in [9.17, 15) is 9.18 Å². The van der Waals surface area contributed by atoms with Gasteiger partial charge < -0.3 is 10.0 Å². The molecule has 3 nitrogen and oxygen atoms in total. The van der Waals surface area contributed by atoms with Crippen molar-refractivity contribution in [2.75, 3.05) is 19.7 Å². The van der Waals surface area contributed by atoms with Crippen LogP contribution in [0.5, 0.6) is 0 Å². The van der Waals surface area contributed by atoms with E-state index in [1.165, 1.54) is 18.2 Å². The Balaban J connectivity index is 2.07. The molecule has 1 N–H and O–H groups in total. The summed E-state index contributed by atoms with van der Waals surface area (Å²) in [7, 11) is 0. The van der Waals surface area contributed by atoms with Gasteiger partial charge in [0.25, 0.3) is 5.91 Å². The Morgan fingerprint density at radius 1 is 1.56 bits per heavy atom. The number of hydrogen-bond acceptors (Lipinski definition) is 2. The van der Waals surface area contributed by atoms with Crippen molar-refractivity contribution in [3.8, 4) is 0 Å². The van der Waals surface area contributed by atoms with Crippen LogP contribution in [0, 0.1) is 11.7 Å². The van der Waals surface area contributed by atoms with E-state index in [1.54, 1.807) is 4.90 Å². The molecular formula is C11H11ClFNO2. The van der Waals surface area contributed by atoms with Crippen LogP contribution in [-0.2, 0) is 0 Å². The van der Waals surface area contributed by atoms with Gasteiger partial charge in [-0.05, 0) is 18.2 Å². The topological polar surface area (TPSA) is 40.5 Å². The largest absolute Gasteiger partial charge is 0.396 e. The van der Waals surface area contributed by atoms with Crippen molar-refractivity contribution < 1.29 is 14.3 Å². The Labute approximate surface area is 97.4 Å². The number of rotatable bonds is 2. The Morgan fingerprint density at radius 3 is 2.81 bits per heavy atom. The number of amides is 1. The number of carbonyl (C=O) groups is 1. The summed E-state index contributed by atoms with van der Waals surface area (Å²) in [5.74, 6) is -0.540. The van der Waals surface area contributed by atoms with Gasteiger partial charge in [0.2, 0.25) is 0 Å². The number of likely N-dealkylation sites (tertiary alicyclic amines) is 1. The van der Waals surface area contributed by atoms with Crippen LogP contribution >= 0.6 is 11.6 Å². The third-order valence-corrected chi connectivity index (χ3v) is 2.96. The fourth-order valence-electron chi connectivity index (χ4n) is 1.66. The fourth-order valence-corrected chi connectivity index (χ4v) is 1.84. The molecule has 1 amide bonds. The predicted molar refractivity (Wildman–Crippen MR) is 57.9 cm³/mol. The Morgan fingerprint density at radius 2 is 2.25 bits per heavy atom. The van der Waals surface area contributed by atoms with Gasteiger partial charge in [-0.3, -0.25) is 4.79 Å². The molecule has 1 aromatic carbocycles. The first kappa shape index (κ1) is 11.4. The highest BCUT2D eigenvalue weighted by molar-refractivity contribution is 6.31. The molecule has 1 aliphatic heterocycles. The van der Waals surface area contributed by atoms with E-state index < -0.39 is 5.82 Å². The average Bonchev–Trinajstić information content (AvgIpc) is 2.20. The van der Waals surface area contributed by atoms with Crippen LogP contribution in [0.2, 0.25) is 5.02 Å². The lowest BCUT2D eigenvalue weighted by atomic mass is 10.00. The maximum absolute atomic E-state index is 12.9. The number of benzene rings is 1. The Kier molecular flexibility index (Phi) is 3.12. The van der Waals surface area contributed by atoms with Crippen LogP contribution in [0.25, 0.3) is 0 Å². The zero-order valence-corrected chi connectivity index (χ0v) is 9.25. The summed E-state index contributed by atoms with van der Waals surface area (Å²) in [6.07, 6.45) is 0. The zero-order chi connectivity index (χ0) is 11.7. The van der Waals surface area contributed by atoms with E-state index in [0.29, 0.717) is 18.7 Å². The van der Waals surface area contributed by atoms with Crippen molar-refractivity contribution >= 4 is 17.5 Å². The van der Waals surface area contributed by atoms with Crippen molar-refractivity contribution in [3.63, 3.8) is 0 Å². The molecule has 1 fully saturated rings. The number of hydrogen-bond donors (Lipinski definition) is 1. The smallest absolute Gasteiger partial charge is 0.253 e. The second kappa shape index (κ2) is 4.39. The van der Waals surface area contributed by atoms with Crippen LogP contribution < -0.4 is 0 Å².